The highest BCUT2D eigenvalue weighted by atomic mass is 16.2. The largest absolute Gasteiger partial charge is 0.344 e. The number of hydrogen-bond acceptors (Lipinski definition) is 2. The van der Waals surface area contributed by atoms with E-state index in [1.54, 1.807) is 4.90 Å². The van der Waals surface area contributed by atoms with Gasteiger partial charge in [0.2, 0.25) is 5.91 Å². The predicted octanol–water partition coefficient (Wildman–Crippen LogP) is 0.610. The van der Waals surface area contributed by atoms with Crippen LogP contribution in [0.1, 0.15) is 25.7 Å². The quantitative estimate of drug-likeness (QED) is 0.514. The van der Waals surface area contributed by atoms with Gasteiger partial charge in [0, 0.05) is 20.0 Å². The molecule has 1 N–H and O–H groups in total. The molecule has 0 aromatic carbocycles. The molecule has 1 aliphatic heterocycles. The molecule has 0 bridgehead atoms. The van der Waals surface area contributed by atoms with Crippen LogP contribution in [0.5, 0.6) is 0 Å². The number of unbranched alkanes of at least 4 members (excludes halogenated alkanes) is 2. The van der Waals surface area contributed by atoms with Gasteiger partial charge in [0.05, 0.1) is 6.04 Å². The molecule has 1 amide bonds. The van der Waals surface area contributed by atoms with Crippen LogP contribution >= 0.6 is 0 Å². The Labute approximate surface area is 85.9 Å². The Morgan fingerprint density at radius 1 is 1.64 bits per heavy atom. The first-order valence-corrected chi connectivity index (χ1v) is 5.17. The van der Waals surface area contributed by atoms with Gasteiger partial charge in [-0.05, 0) is 25.8 Å². The Morgan fingerprint density at radius 2 is 2.43 bits per heavy atom. The van der Waals surface area contributed by atoms with E-state index in [9.17, 15) is 4.79 Å². The van der Waals surface area contributed by atoms with Crippen molar-refractivity contribution in [2.75, 3.05) is 20.1 Å². The summed E-state index contributed by atoms with van der Waals surface area (Å²) in [6.07, 6.45) is 9.01. The van der Waals surface area contributed by atoms with E-state index >= 15 is 0 Å². The summed E-state index contributed by atoms with van der Waals surface area (Å²) in [4.78, 5) is 13.2. The van der Waals surface area contributed by atoms with E-state index in [-0.39, 0.29) is 11.9 Å². The number of amides is 1. The highest BCUT2D eigenvalue weighted by Crippen LogP contribution is 2.08. The number of carbonyl (C=O) groups excluding carboxylic acids is 1. The number of likely N-dealkylation sites (N-methyl/N-ethyl adjacent to an activating group) is 1. The van der Waals surface area contributed by atoms with Crippen LogP contribution in [0.25, 0.3) is 0 Å². The number of nitrogens with zero attached hydrogens (tertiary/aromatic N) is 1. The molecule has 3 nitrogen and oxygen atoms in total. The van der Waals surface area contributed by atoms with E-state index < -0.39 is 0 Å². The van der Waals surface area contributed by atoms with E-state index in [0.717, 1.165) is 38.8 Å². The van der Waals surface area contributed by atoms with Crippen molar-refractivity contribution in [1.82, 2.24) is 10.2 Å². The molecule has 78 valence electrons. The van der Waals surface area contributed by atoms with Crippen LogP contribution in [0.3, 0.4) is 0 Å². The third-order valence-corrected chi connectivity index (χ3v) is 2.57. The number of nitrogens with one attached hydrogen (secondary N) is 1. The molecule has 1 saturated heterocycles. The summed E-state index contributed by atoms with van der Waals surface area (Å²) in [7, 11) is 1.85. The van der Waals surface area contributed by atoms with E-state index in [2.05, 4.69) is 11.2 Å². The fourth-order valence-corrected chi connectivity index (χ4v) is 1.64. The summed E-state index contributed by atoms with van der Waals surface area (Å²) in [6.45, 7) is 1.77. The minimum atomic E-state index is 0.0471. The maximum atomic E-state index is 11.5. The van der Waals surface area contributed by atoms with Gasteiger partial charge in [-0.2, -0.15) is 0 Å². The Balaban J connectivity index is 2.08. The molecule has 0 radical (unpaired) electrons. The first kappa shape index (κ1) is 11.1. The van der Waals surface area contributed by atoms with Crippen molar-refractivity contribution in [3.05, 3.63) is 0 Å². The Kier molecular flexibility index (Phi) is 4.48. The van der Waals surface area contributed by atoms with Crippen molar-refractivity contribution in [3.8, 4) is 12.3 Å². The Bertz CT molecular complexity index is 232. The minimum Gasteiger partial charge on any atom is -0.344 e. The first-order valence-electron chi connectivity index (χ1n) is 5.17. The molecule has 0 spiro atoms. The molecule has 3 heteroatoms. The molecule has 1 heterocycles. The number of terminal acetylenes is 1. The minimum absolute atomic E-state index is 0.0471. The molecule has 0 aliphatic carbocycles. The number of rotatable bonds is 5. The van der Waals surface area contributed by atoms with E-state index in [1.807, 2.05) is 7.05 Å². The average Bonchev–Trinajstić information content (AvgIpc) is 2.49. The molecule has 1 aliphatic rings. The van der Waals surface area contributed by atoms with Gasteiger partial charge < -0.3 is 10.2 Å². The van der Waals surface area contributed by atoms with Crippen molar-refractivity contribution >= 4 is 5.91 Å². The molecule has 1 rings (SSSR count). The molecule has 1 atom stereocenters. The van der Waals surface area contributed by atoms with Gasteiger partial charge in [-0.25, -0.2) is 0 Å². The van der Waals surface area contributed by atoms with E-state index in [1.165, 1.54) is 0 Å². The van der Waals surface area contributed by atoms with Crippen LogP contribution in [0.15, 0.2) is 0 Å². The van der Waals surface area contributed by atoms with Crippen LogP contribution in [-0.4, -0.2) is 37.0 Å². The van der Waals surface area contributed by atoms with E-state index in [0.29, 0.717) is 0 Å². The van der Waals surface area contributed by atoms with Crippen molar-refractivity contribution in [1.29, 1.82) is 0 Å². The average molecular weight is 194 g/mol. The third-order valence-electron chi connectivity index (χ3n) is 2.57. The second kappa shape index (κ2) is 5.66. The lowest BCUT2D eigenvalue weighted by Crippen LogP contribution is -2.37. The van der Waals surface area contributed by atoms with Crippen LogP contribution < -0.4 is 5.32 Å². The second-order valence-electron chi connectivity index (χ2n) is 3.72. The lowest BCUT2D eigenvalue weighted by molar-refractivity contribution is -0.128. The number of carbonyl (C=O) groups is 1. The highest BCUT2D eigenvalue weighted by Gasteiger charge is 2.27. The monoisotopic (exact) mass is 194 g/mol. The third kappa shape index (κ3) is 3.04. The summed E-state index contributed by atoms with van der Waals surface area (Å²) in [6, 6.07) is 0.0471. The first-order chi connectivity index (χ1) is 6.75. The highest BCUT2D eigenvalue weighted by molar-refractivity contribution is 5.83. The van der Waals surface area contributed by atoms with E-state index in [4.69, 9.17) is 6.42 Å². The molecular formula is C11H18N2O. The maximum absolute atomic E-state index is 11.5. The molecule has 14 heavy (non-hydrogen) atoms. The maximum Gasteiger partial charge on any atom is 0.239 e. The van der Waals surface area contributed by atoms with Crippen LogP contribution in [-0.2, 0) is 4.79 Å². The summed E-state index contributed by atoms with van der Waals surface area (Å²) in [5.74, 6) is 2.83. The van der Waals surface area contributed by atoms with Gasteiger partial charge in [-0.1, -0.05) is 0 Å². The fourth-order valence-electron chi connectivity index (χ4n) is 1.64. The number of likely N-dealkylation sites (tertiary alicyclic amines) is 1. The lowest BCUT2D eigenvalue weighted by atomic mass is 10.2. The van der Waals surface area contributed by atoms with Crippen LogP contribution in [0.4, 0.5) is 0 Å². The zero-order valence-corrected chi connectivity index (χ0v) is 8.75. The normalized spacial score (nSPS) is 21.3. The topological polar surface area (TPSA) is 32.3 Å². The van der Waals surface area contributed by atoms with Gasteiger partial charge in [0.25, 0.3) is 0 Å². The van der Waals surface area contributed by atoms with Gasteiger partial charge >= 0.3 is 0 Å². The Morgan fingerprint density at radius 3 is 3.00 bits per heavy atom. The van der Waals surface area contributed by atoms with Gasteiger partial charge in [0.1, 0.15) is 0 Å². The summed E-state index contributed by atoms with van der Waals surface area (Å²) < 4.78 is 0. The Hall–Kier alpha value is -1.01. The van der Waals surface area contributed by atoms with Crippen molar-refractivity contribution in [3.63, 3.8) is 0 Å². The SMILES string of the molecule is C#CCCCCNC1CCN(C)C1=O. The molecule has 1 fully saturated rings. The van der Waals surface area contributed by atoms with Gasteiger partial charge in [0.15, 0.2) is 0 Å². The van der Waals surface area contributed by atoms with Crippen LogP contribution in [0, 0.1) is 12.3 Å². The lowest BCUT2D eigenvalue weighted by Gasteiger charge is -2.11. The number of hydrogen-bond donors (Lipinski definition) is 1. The summed E-state index contributed by atoms with van der Waals surface area (Å²) >= 11 is 0. The molecule has 1 unspecified atom stereocenters. The molecule has 0 aromatic heterocycles. The van der Waals surface area contributed by atoms with Crippen molar-refractivity contribution < 1.29 is 4.79 Å². The molecule has 0 aromatic rings. The van der Waals surface area contributed by atoms with Crippen LogP contribution in [0.2, 0.25) is 0 Å². The fraction of sp³-hybridized carbons (Fsp3) is 0.727. The molecule has 0 saturated carbocycles. The van der Waals surface area contributed by atoms with Crippen molar-refractivity contribution in [2.24, 2.45) is 0 Å². The zero-order chi connectivity index (χ0) is 10.4. The standard InChI is InChI=1S/C11H18N2O/c1-3-4-5-6-8-12-10-7-9-13(2)11(10)14/h1,10,12H,4-9H2,2H3. The molecular weight excluding hydrogens is 176 g/mol. The van der Waals surface area contributed by atoms with Crippen molar-refractivity contribution in [2.45, 2.75) is 31.7 Å². The second-order valence-corrected chi connectivity index (χ2v) is 3.72. The summed E-state index contributed by atoms with van der Waals surface area (Å²) in [5.41, 5.74) is 0. The zero-order valence-electron chi connectivity index (χ0n) is 8.75. The van der Waals surface area contributed by atoms with Gasteiger partial charge in [-0.3, -0.25) is 4.79 Å². The van der Waals surface area contributed by atoms with Gasteiger partial charge in [-0.15, -0.1) is 12.3 Å². The summed E-state index contributed by atoms with van der Waals surface area (Å²) in [5, 5.41) is 3.26. The smallest absolute Gasteiger partial charge is 0.239 e. The predicted molar refractivity (Wildman–Crippen MR) is 56.7 cm³/mol.